The molecule has 28 heavy (non-hydrogen) atoms. The number of carbonyl (C=O) groups excluding carboxylic acids is 2. The van der Waals surface area contributed by atoms with E-state index in [9.17, 15) is 18.0 Å². The zero-order valence-electron chi connectivity index (χ0n) is 15.6. The summed E-state index contributed by atoms with van der Waals surface area (Å²) in [7, 11) is -3.66. The third kappa shape index (κ3) is 2.76. The van der Waals surface area contributed by atoms with Crippen molar-refractivity contribution >= 4 is 59.4 Å². The van der Waals surface area contributed by atoms with E-state index in [2.05, 4.69) is 31.9 Å². The number of benzene rings is 1. The summed E-state index contributed by atoms with van der Waals surface area (Å²) < 4.78 is 27.1. The van der Waals surface area contributed by atoms with Gasteiger partial charge in [-0.15, -0.1) is 0 Å². The number of fused-ring (bicyclic) bond motifs is 5. The topological polar surface area (TPSA) is 74.8 Å². The maximum atomic E-state index is 13.2. The Morgan fingerprint density at radius 1 is 1.04 bits per heavy atom. The average molecular weight is 534 g/mol. The molecule has 1 aromatic rings. The number of halogens is 2. The number of hydrogen-bond donors (Lipinski definition) is 0. The fraction of sp³-hybridized carbons (Fsp3) is 0.579. The third-order valence-electron chi connectivity index (χ3n) is 6.41. The van der Waals surface area contributed by atoms with Gasteiger partial charge < -0.3 is 0 Å². The Labute approximate surface area is 181 Å². The van der Waals surface area contributed by atoms with E-state index in [1.165, 1.54) is 21.3 Å². The summed E-state index contributed by atoms with van der Waals surface area (Å²) in [6.45, 7) is 4.28. The van der Waals surface area contributed by atoms with Crippen molar-refractivity contribution in [2.24, 2.45) is 23.7 Å². The summed E-state index contributed by atoms with van der Waals surface area (Å²) in [5.74, 6) is -0.795. The van der Waals surface area contributed by atoms with Crippen LogP contribution in [0.1, 0.15) is 20.3 Å². The molecule has 1 aliphatic heterocycles. The van der Waals surface area contributed by atoms with Gasteiger partial charge in [0.15, 0.2) is 0 Å². The van der Waals surface area contributed by atoms with Gasteiger partial charge in [0.1, 0.15) is 0 Å². The Kier molecular flexibility index (Phi) is 5.26. The highest BCUT2D eigenvalue weighted by Crippen LogP contribution is 2.60. The van der Waals surface area contributed by atoms with Crippen LogP contribution in [0, 0.1) is 23.7 Å². The molecule has 9 heteroatoms. The van der Waals surface area contributed by atoms with E-state index in [1.807, 2.05) is 0 Å². The van der Waals surface area contributed by atoms with Crippen LogP contribution < -0.4 is 4.90 Å². The Hall–Kier alpha value is -0.770. The summed E-state index contributed by atoms with van der Waals surface area (Å²) in [6.07, 6.45) is 0.864. The summed E-state index contributed by atoms with van der Waals surface area (Å²) in [6, 6.07) is 6.19. The molecular formula is C19H22Br2N2O4S. The molecule has 0 N–H and O–H groups in total. The second-order valence-corrected chi connectivity index (χ2v) is 11.7. The monoisotopic (exact) mass is 532 g/mol. The Bertz CT molecular complexity index is 902. The maximum Gasteiger partial charge on any atom is 0.243 e. The van der Waals surface area contributed by atoms with Crippen molar-refractivity contribution in [3.8, 4) is 0 Å². The number of sulfonamides is 1. The molecule has 0 radical (unpaired) electrons. The zero-order chi connectivity index (χ0) is 20.4. The van der Waals surface area contributed by atoms with E-state index in [1.54, 1.807) is 26.0 Å². The Morgan fingerprint density at radius 3 is 2.07 bits per heavy atom. The number of carbonyl (C=O) groups is 2. The lowest BCUT2D eigenvalue weighted by Crippen LogP contribution is -2.37. The van der Waals surface area contributed by atoms with E-state index in [0.29, 0.717) is 18.8 Å². The van der Waals surface area contributed by atoms with E-state index < -0.39 is 10.0 Å². The number of imide groups is 1. The first-order valence-electron chi connectivity index (χ1n) is 9.50. The summed E-state index contributed by atoms with van der Waals surface area (Å²) in [5.41, 5.74) is 0.342. The molecule has 6 atom stereocenters. The van der Waals surface area contributed by atoms with Gasteiger partial charge in [-0.05, 0) is 36.5 Å². The van der Waals surface area contributed by atoms with Crippen LogP contribution in [-0.2, 0) is 19.6 Å². The number of amides is 2. The van der Waals surface area contributed by atoms with Crippen molar-refractivity contribution < 1.29 is 18.0 Å². The number of nitrogens with zero attached hydrogens (tertiary/aromatic N) is 2. The van der Waals surface area contributed by atoms with Gasteiger partial charge in [-0.2, -0.15) is 4.31 Å². The van der Waals surface area contributed by atoms with Crippen molar-refractivity contribution in [3.63, 3.8) is 0 Å². The van der Waals surface area contributed by atoms with Gasteiger partial charge in [-0.1, -0.05) is 51.8 Å². The molecule has 6 nitrogen and oxygen atoms in total. The van der Waals surface area contributed by atoms with E-state index in [0.717, 1.165) is 6.42 Å². The first-order chi connectivity index (χ1) is 13.2. The highest BCUT2D eigenvalue weighted by atomic mass is 79.9. The van der Waals surface area contributed by atoms with Crippen LogP contribution in [0.3, 0.4) is 0 Å². The van der Waals surface area contributed by atoms with Gasteiger partial charge in [0, 0.05) is 22.7 Å². The Balaban J connectivity index is 1.70. The van der Waals surface area contributed by atoms with Crippen molar-refractivity contribution in [3.05, 3.63) is 24.3 Å². The summed E-state index contributed by atoms with van der Waals surface area (Å²) in [5, 5.41) is 0. The molecule has 0 unspecified atom stereocenters. The minimum absolute atomic E-state index is 0.103. The van der Waals surface area contributed by atoms with Gasteiger partial charge in [0.25, 0.3) is 0 Å². The fourth-order valence-corrected chi connectivity index (χ4v) is 8.47. The molecule has 2 aliphatic carbocycles. The van der Waals surface area contributed by atoms with Crippen molar-refractivity contribution in [2.75, 3.05) is 18.0 Å². The minimum atomic E-state index is -3.66. The molecule has 1 heterocycles. The number of alkyl halides is 2. The van der Waals surface area contributed by atoms with E-state index in [4.69, 9.17) is 0 Å². The molecule has 3 fully saturated rings. The lowest BCUT2D eigenvalue weighted by molar-refractivity contribution is -0.123. The number of hydrogen-bond acceptors (Lipinski definition) is 4. The molecule has 1 aromatic carbocycles. The number of anilines is 1. The Morgan fingerprint density at radius 2 is 1.57 bits per heavy atom. The van der Waals surface area contributed by atoms with E-state index in [-0.39, 0.29) is 50.0 Å². The van der Waals surface area contributed by atoms with E-state index >= 15 is 0 Å². The maximum absolute atomic E-state index is 13.2. The van der Waals surface area contributed by atoms with Gasteiger partial charge in [-0.3, -0.25) is 9.59 Å². The molecule has 2 amide bonds. The zero-order valence-corrected chi connectivity index (χ0v) is 19.6. The average Bonchev–Trinajstić information content (AvgIpc) is 3.27. The molecule has 0 spiro atoms. The molecule has 2 bridgehead atoms. The van der Waals surface area contributed by atoms with Crippen LogP contribution in [0.2, 0.25) is 0 Å². The standard InChI is InChI=1S/C19H22Br2N2O4S/c1-3-22(4-2)28(26,27)11-7-5-6-10(8-11)23-18(24)14-12-9-13(15(14)19(23)25)17(21)16(12)20/h5-8,12-17H,3-4,9H2,1-2H3/t12-,13-,14-,15+,16-,17+/m0/s1. The summed E-state index contributed by atoms with van der Waals surface area (Å²) >= 11 is 7.35. The molecule has 4 rings (SSSR count). The van der Waals surface area contributed by atoms with Crippen LogP contribution in [-0.4, -0.2) is 47.3 Å². The highest BCUT2D eigenvalue weighted by molar-refractivity contribution is 9.12. The minimum Gasteiger partial charge on any atom is -0.274 e. The molecule has 1 saturated heterocycles. The van der Waals surface area contributed by atoms with Crippen LogP contribution in [0.5, 0.6) is 0 Å². The third-order valence-corrected chi connectivity index (χ3v) is 11.7. The normalized spacial score (nSPS) is 34.5. The predicted molar refractivity (Wildman–Crippen MR) is 113 cm³/mol. The second-order valence-electron chi connectivity index (χ2n) is 7.60. The smallest absolute Gasteiger partial charge is 0.243 e. The molecular weight excluding hydrogens is 512 g/mol. The molecule has 152 valence electrons. The summed E-state index contributed by atoms with van der Waals surface area (Å²) in [4.78, 5) is 28.0. The highest BCUT2D eigenvalue weighted by Gasteiger charge is 2.66. The van der Waals surface area contributed by atoms with Gasteiger partial charge >= 0.3 is 0 Å². The van der Waals surface area contributed by atoms with Gasteiger partial charge in [0.05, 0.1) is 22.4 Å². The first-order valence-corrected chi connectivity index (χ1v) is 12.8. The largest absolute Gasteiger partial charge is 0.274 e. The second kappa shape index (κ2) is 7.18. The van der Waals surface area contributed by atoms with Crippen LogP contribution in [0.25, 0.3) is 0 Å². The first kappa shape index (κ1) is 20.5. The van der Waals surface area contributed by atoms with Crippen molar-refractivity contribution in [1.29, 1.82) is 0 Å². The van der Waals surface area contributed by atoms with Crippen molar-refractivity contribution in [1.82, 2.24) is 4.31 Å². The van der Waals surface area contributed by atoms with Crippen molar-refractivity contribution in [2.45, 2.75) is 34.8 Å². The fourth-order valence-electron chi connectivity index (χ4n) is 5.10. The lowest BCUT2D eigenvalue weighted by Gasteiger charge is -2.28. The number of rotatable bonds is 5. The predicted octanol–water partition coefficient (Wildman–Crippen LogP) is 3.00. The molecule has 2 saturated carbocycles. The SMILES string of the molecule is CCN(CC)S(=O)(=O)c1cccc(N2C(=O)[C@@H]3[C@@H]4C[C@H]([C@H](Br)[C@@H]4Br)[C@@H]3C2=O)c1. The quantitative estimate of drug-likeness (QED) is 0.430. The van der Waals surface area contributed by atoms with Crippen LogP contribution in [0.15, 0.2) is 29.2 Å². The van der Waals surface area contributed by atoms with Crippen LogP contribution >= 0.6 is 31.9 Å². The van der Waals surface area contributed by atoms with Crippen LogP contribution in [0.4, 0.5) is 5.69 Å². The van der Waals surface area contributed by atoms with Gasteiger partial charge in [0.2, 0.25) is 21.8 Å². The van der Waals surface area contributed by atoms with Gasteiger partial charge in [-0.25, -0.2) is 13.3 Å². The lowest BCUT2D eigenvalue weighted by atomic mass is 9.81. The molecule has 3 aliphatic rings. The molecule has 0 aromatic heterocycles.